The number of hydrogen-bond acceptors (Lipinski definition) is 4. The van der Waals surface area contributed by atoms with Crippen molar-refractivity contribution in [2.75, 3.05) is 11.9 Å². The van der Waals surface area contributed by atoms with Crippen molar-refractivity contribution in [3.63, 3.8) is 0 Å². The third-order valence-corrected chi connectivity index (χ3v) is 4.20. The predicted molar refractivity (Wildman–Crippen MR) is 99.6 cm³/mol. The average molecular weight is 342 g/mol. The van der Waals surface area contributed by atoms with Crippen molar-refractivity contribution in [1.29, 1.82) is 0 Å². The van der Waals surface area contributed by atoms with E-state index in [1.54, 1.807) is 0 Å². The van der Waals surface area contributed by atoms with Crippen LogP contribution in [0, 0.1) is 6.92 Å². The van der Waals surface area contributed by atoms with Crippen LogP contribution in [0.15, 0.2) is 42.5 Å². The lowest BCUT2D eigenvalue weighted by atomic mass is 10.1. The number of rotatable bonds is 8. The Bertz CT molecular complexity index is 695. The molecule has 5 heteroatoms. The van der Waals surface area contributed by atoms with Gasteiger partial charge in [0, 0.05) is 17.8 Å². The second kappa shape index (κ2) is 9.08. The molecule has 2 aromatic carbocycles. The van der Waals surface area contributed by atoms with Gasteiger partial charge in [-0.3, -0.25) is 4.79 Å². The number of carbonyl (C=O) groups is 1. The molecule has 0 aliphatic rings. The zero-order chi connectivity index (χ0) is 18.2. The second-order valence-corrected chi connectivity index (χ2v) is 6.17. The monoisotopic (exact) mass is 342 g/mol. The van der Waals surface area contributed by atoms with Gasteiger partial charge in [0.05, 0.1) is 19.1 Å². The Hall–Kier alpha value is -2.53. The lowest BCUT2D eigenvalue weighted by molar-refractivity contribution is -0.121. The molecule has 0 aromatic heterocycles. The fraction of sp³-hybridized carbons (Fsp3) is 0.350. The highest BCUT2D eigenvalue weighted by molar-refractivity contribution is 5.79. The first-order chi connectivity index (χ1) is 12.0. The smallest absolute Gasteiger partial charge is 0.224 e. The van der Waals surface area contributed by atoms with Gasteiger partial charge >= 0.3 is 0 Å². The van der Waals surface area contributed by atoms with E-state index in [9.17, 15) is 9.90 Å². The van der Waals surface area contributed by atoms with E-state index < -0.39 is 0 Å². The highest BCUT2D eigenvalue weighted by Gasteiger charge is 2.10. The lowest BCUT2D eigenvalue weighted by Crippen LogP contribution is -2.37. The molecule has 1 atom stereocenters. The fourth-order valence-corrected chi connectivity index (χ4v) is 2.54. The molecule has 1 unspecified atom stereocenters. The Morgan fingerprint density at radius 3 is 2.52 bits per heavy atom. The van der Waals surface area contributed by atoms with Crippen molar-refractivity contribution in [3.05, 3.63) is 59.2 Å². The number of para-hydroxylation sites is 1. The van der Waals surface area contributed by atoms with Crippen LogP contribution in [0.2, 0.25) is 0 Å². The van der Waals surface area contributed by atoms with Gasteiger partial charge in [-0.25, -0.2) is 0 Å². The minimum atomic E-state index is -0.185. The number of aryl methyl sites for hydroxylation is 1. The number of aliphatic hydroxyl groups excluding tert-OH is 1. The molecule has 2 rings (SSSR count). The summed E-state index contributed by atoms with van der Waals surface area (Å²) >= 11 is 0. The number of phenolic OH excluding ortho intramolecular Hbond substituents is 1. The number of aliphatic hydroxyl groups is 1. The summed E-state index contributed by atoms with van der Waals surface area (Å²) < 4.78 is 0. The molecule has 2 aromatic rings. The van der Waals surface area contributed by atoms with E-state index >= 15 is 0 Å². The molecule has 0 aliphatic heterocycles. The first-order valence-corrected chi connectivity index (χ1v) is 8.54. The Balaban J connectivity index is 1.89. The van der Waals surface area contributed by atoms with E-state index in [-0.39, 0.29) is 25.0 Å². The normalized spacial score (nSPS) is 11.8. The van der Waals surface area contributed by atoms with Gasteiger partial charge in [0.25, 0.3) is 0 Å². The van der Waals surface area contributed by atoms with Crippen LogP contribution in [0.5, 0.6) is 5.75 Å². The molecule has 0 radical (unpaired) electrons. The summed E-state index contributed by atoms with van der Waals surface area (Å²) in [5, 5.41) is 25.2. The maximum absolute atomic E-state index is 11.9. The summed E-state index contributed by atoms with van der Waals surface area (Å²) in [6.45, 7) is 4.28. The molecule has 0 saturated heterocycles. The Labute approximate surface area is 148 Å². The van der Waals surface area contributed by atoms with Crippen LogP contribution in [0.3, 0.4) is 0 Å². The molecule has 4 N–H and O–H groups in total. The van der Waals surface area contributed by atoms with E-state index in [0.29, 0.717) is 18.7 Å². The standard InChI is InChI=1S/C20H26N2O3/c1-3-17(13-23)22-19(24)11-15-7-9-18(10-8-15)21-12-16-6-4-5-14(2)20(16)25/h4-10,17,21,23,25H,3,11-13H2,1-2H3,(H,22,24). The Kier molecular flexibility index (Phi) is 6.83. The maximum Gasteiger partial charge on any atom is 0.224 e. The fourth-order valence-electron chi connectivity index (χ4n) is 2.54. The van der Waals surface area contributed by atoms with Gasteiger partial charge < -0.3 is 20.8 Å². The lowest BCUT2D eigenvalue weighted by Gasteiger charge is -2.14. The highest BCUT2D eigenvalue weighted by atomic mass is 16.3. The first kappa shape index (κ1) is 18.8. The number of anilines is 1. The minimum Gasteiger partial charge on any atom is -0.507 e. The van der Waals surface area contributed by atoms with Crippen LogP contribution in [0.4, 0.5) is 5.69 Å². The summed E-state index contributed by atoms with van der Waals surface area (Å²) in [4.78, 5) is 11.9. The van der Waals surface area contributed by atoms with Crippen molar-refractivity contribution >= 4 is 11.6 Å². The minimum absolute atomic E-state index is 0.0447. The topological polar surface area (TPSA) is 81.6 Å². The summed E-state index contributed by atoms with van der Waals surface area (Å²) in [6, 6.07) is 13.1. The van der Waals surface area contributed by atoms with E-state index in [1.807, 2.05) is 56.3 Å². The average Bonchev–Trinajstić information content (AvgIpc) is 2.62. The van der Waals surface area contributed by atoms with Crippen LogP contribution in [0.1, 0.15) is 30.0 Å². The molecule has 0 aliphatic carbocycles. The van der Waals surface area contributed by atoms with Crippen LogP contribution >= 0.6 is 0 Å². The molecule has 0 heterocycles. The zero-order valence-electron chi connectivity index (χ0n) is 14.7. The van der Waals surface area contributed by atoms with Crippen molar-refractivity contribution in [3.8, 4) is 5.75 Å². The molecular weight excluding hydrogens is 316 g/mol. The van der Waals surface area contributed by atoms with E-state index in [0.717, 1.165) is 22.4 Å². The quantitative estimate of drug-likeness (QED) is 0.595. The van der Waals surface area contributed by atoms with E-state index in [4.69, 9.17) is 5.11 Å². The third-order valence-electron chi connectivity index (χ3n) is 4.20. The van der Waals surface area contributed by atoms with Gasteiger partial charge in [-0.15, -0.1) is 0 Å². The molecule has 0 spiro atoms. The third kappa shape index (κ3) is 5.50. The number of phenols is 1. The van der Waals surface area contributed by atoms with Crippen molar-refractivity contribution in [1.82, 2.24) is 5.32 Å². The summed E-state index contributed by atoms with van der Waals surface area (Å²) in [6.07, 6.45) is 0.992. The Morgan fingerprint density at radius 2 is 1.88 bits per heavy atom. The van der Waals surface area contributed by atoms with Crippen molar-refractivity contribution in [2.24, 2.45) is 0 Å². The summed E-state index contributed by atoms with van der Waals surface area (Å²) in [5.41, 5.74) is 3.54. The number of aromatic hydroxyl groups is 1. The van der Waals surface area contributed by atoms with Gasteiger partial charge in [-0.05, 0) is 36.6 Å². The predicted octanol–water partition coefficient (Wildman–Crippen LogP) is 2.74. The second-order valence-electron chi connectivity index (χ2n) is 6.17. The van der Waals surface area contributed by atoms with Crippen LogP contribution < -0.4 is 10.6 Å². The zero-order valence-corrected chi connectivity index (χ0v) is 14.7. The Morgan fingerprint density at radius 1 is 1.16 bits per heavy atom. The summed E-state index contributed by atoms with van der Waals surface area (Å²) in [5.74, 6) is 0.226. The highest BCUT2D eigenvalue weighted by Crippen LogP contribution is 2.22. The van der Waals surface area contributed by atoms with Crippen LogP contribution in [0.25, 0.3) is 0 Å². The van der Waals surface area contributed by atoms with Gasteiger partial charge in [0.15, 0.2) is 0 Å². The van der Waals surface area contributed by atoms with Crippen LogP contribution in [-0.2, 0) is 17.8 Å². The van der Waals surface area contributed by atoms with E-state index in [2.05, 4.69) is 10.6 Å². The molecule has 25 heavy (non-hydrogen) atoms. The van der Waals surface area contributed by atoms with Gasteiger partial charge in [-0.2, -0.15) is 0 Å². The first-order valence-electron chi connectivity index (χ1n) is 8.54. The number of carbonyl (C=O) groups excluding carboxylic acids is 1. The molecule has 1 amide bonds. The maximum atomic E-state index is 11.9. The van der Waals surface area contributed by atoms with Crippen LogP contribution in [-0.4, -0.2) is 28.8 Å². The molecular formula is C20H26N2O3. The van der Waals surface area contributed by atoms with Crippen molar-refractivity contribution < 1.29 is 15.0 Å². The van der Waals surface area contributed by atoms with Gasteiger partial charge in [0.1, 0.15) is 5.75 Å². The largest absolute Gasteiger partial charge is 0.507 e. The van der Waals surface area contributed by atoms with E-state index in [1.165, 1.54) is 0 Å². The number of nitrogens with one attached hydrogen (secondary N) is 2. The van der Waals surface area contributed by atoms with Gasteiger partial charge in [0.2, 0.25) is 5.91 Å². The molecule has 0 fully saturated rings. The molecule has 0 bridgehead atoms. The van der Waals surface area contributed by atoms with Gasteiger partial charge in [-0.1, -0.05) is 37.3 Å². The number of hydrogen-bond donors (Lipinski definition) is 4. The van der Waals surface area contributed by atoms with Crippen molar-refractivity contribution in [2.45, 2.75) is 39.3 Å². The molecule has 134 valence electrons. The SMILES string of the molecule is CCC(CO)NC(=O)Cc1ccc(NCc2cccc(C)c2O)cc1. The summed E-state index contributed by atoms with van der Waals surface area (Å²) in [7, 11) is 0. The number of amides is 1. The number of benzene rings is 2. The molecule has 5 nitrogen and oxygen atoms in total. The molecule has 0 saturated carbocycles.